The van der Waals surface area contributed by atoms with Gasteiger partial charge in [0.05, 0.1) is 0 Å². The lowest BCUT2D eigenvalue weighted by Crippen LogP contribution is -2.24. The smallest absolute Gasteiger partial charge is 0.287 e. The molecule has 0 spiro atoms. The summed E-state index contributed by atoms with van der Waals surface area (Å²) in [6.45, 7) is 5.83. The van der Waals surface area contributed by atoms with Gasteiger partial charge >= 0.3 is 0 Å². The summed E-state index contributed by atoms with van der Waals surface area (Å²) in [5.74, 6) is 1.61. The van der Waals surface area contributed by atoms with E-state index in [2.05, 4.69) is 49.9 Å². The first-order valence-corrected chi connectivity index (χ1v) is 9.52. The lowest BCUT2D eigenvalue weighted by atomic mass is 10.2. The van der Waals surface area contributed by atoms with Gasteiger partial charge in [0.2, 0.25) is 0 Å². The van der Waals surface area contributed by atoms with Gasteiger partial charge in [-0.1, -0.05) is 25.6 Å². The highest BCUT2D eigenvalue weighted by Crippen LogP contribution is 2.17. The van der Waals surface area contributed by atoms with Gasteiger partial charge < -0.3 is 14.3 Å². The summed E-state index contributed by atoms with van der Waals surface area (Å²) in [6.07, 6.45) is 3.59. The van der Waals surface area contributed by atoms with E-state index in [4.69, 9.17) is 4.42 Å². The number of thioether (sulfide) groups is 1. The second-order valence-electron chi connectivity index (χ2n) is 5.57. The number of hydrogen-bond acceptors (Lipinski definition) is 5. The van der Waals surface area contributed by atoms with Crippen LogP contribution in [0.25, 0.3) is 0 Å². The fourth-order valence-corrected chi connectivity index (χ4v) is 3.00. The zero-order valence-electron chi connectivity index (χ0n) is 13.5. The molecular weight excluding hydrogens is 380 g/mol. The van der Waals surface area contributed by atoms with Crippen molar-refractivity contribution in [2.24, 2.45) is 5.92 Å². The van der Waals surface area contributed by atoms with Crippen molar-refractivity contribution < 1.29 is 9.21 Å². The Hall–Kier alpha value is -1.28. The van der Waals surface area contributed by atoms with Crippen LogP contribution >= 0.6 is 27.7 Å². The molecule has 23 heavy (non-hydrogen) atoms. The SMILES string of the molecule is CSc1nnc(CCCNC(=O)c2ccc(Br)o2)n1CC(C)C. The van der Waals surface area contributed by atoms with Crippen LogP contribution < -0.4 is 5.32 Å². The van der Waals surface area contributed by atoms with Crippen molar-refractivity contribution in [1.82, 2.24) is 20.1 Å². The highest BCUT2D eigenvalue weighted by molar-refractivity contribution is 9.10. The van der Waals surface area contributed by atoms with E-state index in [0.29, 0.717) is 22.9 Å². The summed E-state index contributed by atoms with van der Waals surface area (Å²) >= 11 is 4.79. The standard InChI is InChI=1S/C15H21BrN4O2S/c1-10(2)9-20-13(18-19-15(20)23-3)5-4-8-17-14(21)11-6-7-12(16)22-11/h6-7,10H,4-5,8-9H2,1-3H3,(H,17,21). The molecule has 1 amide bonds. The number of nitrogens with zero attached hydrogens (tertiary/aromatic N) is 3. The van der Waals surface area contributed by atoms with Crippen molar-refractivity contribution in [2.45, 2.75) is 38.4 Å². The first-order chi connectivity index (χ1) is 11.0. The molecule has 2 aromatic heterocycles. The van der Waals surface area contributed by atoms with Crippen LogP contribution in [0.2, 0.25) is 0 Å². The molecule has 0 aliphatic rings. The van der Waals surface area contributed by atoms with Crippen molar-refractivity contribution in [3.8, 4) is 0 Å². The minimum Gasteiger partial charge on any atom is -0.444 e. The third-order valence-corrected chi connectivity index (χ3v) is 4.28. The molecule has 6 nitrogen and oxygen atoms in total. The predicted octanol–water partition coefficient (Wildman–Crippen LogP) is 3.37. The quantitative estimate of drug-likeness (QED) is 0.542. The van der Waals surface area contributed by atoms with Crippen LogP contribution in [0, 0.1) is 5.92 Å². The van der Waals surface area contributed by atoms with E-state index < -0.39 is 0 Å². The van der Waals surface area contributed by atoms with Gasteiger partial charge in [0, 0.05) is 19.5 Å². The molecule has 0 bridgehead atoms. The van der Waals surface area contributed by atoms with Crippen molar-refractivity contribution in [3.63, 3.8) is 0 Å². The number of hydrogen-bond donors (Lipinski definition) is 1. The number of nitrogens with one attached hydrogen (secondary N) is 1. The molecule has 0 aliphatic carbocycles. The minimum atomic E-state index is -0.204. The van der Waals surface area contributed by atoms with E-state index in [-0.39, 0.29) is 5.91 Å². The molecule has 0 atom stereocenters. The van der Waals surface area contributed by atoms with Crippen LogP contribution in [-0.4, -0.2) is 33.5 Å². The number of halogens is 1. The zero-order chi connectivity index (χ0) is 16.8. The number of aryl methyl sites for hydroxylation is 1. The summed E-state index contributed by atoms with van der Waals surface area (Å²) in [6, 6.07) is 3.34. The third kappa shape index (κ3) is 5.10. The van der Waals surface area contributed by atoms with Crippen molar-refractivity contribution in [1.29, 1.82) is 0 Å². The molecular formula is C15H21BrN4O2S. The van der Waals surface area contributed by atoms with Crippen LogP contribution in [0.4, 0.5) is 0 Å². The zero-order valence-corrected chi connectivity index (χ0v) is 15.9. The number of carbonyl (C=O) groups excluding carboxylic acids is 1. The largest absolute Gasteiger partial charge is 0.444 e. The number of carbonyl (C=O) groups is 1. The second-order valence-corrected chi connectivity index (χ2v) is 7.13. The minimum absolute atomic E-state index is 0.204. The molecule has 0 saturated carbocycles. The van der Waals surface area contributed by atoms with Gasteiger partial charge in [-0.3, -0.25) is 4.79 Å². The fourth-order valence-electron chi connectivity index (χ4n) is 2.18. The number of amides is 1. The van der Waals surface area contributed by atoms with Crippen LogP contribution in [0.1, 0.15) is 36.6 Å². The summed E-state index contributed by atoms with van der Waals surface area (Å²) in [7, 11) is 0. The van der Waals surface area contributed by atoms with Crippen LogP contribution in [0.3, 0.4) is 0 Å². The molecule has 0 fully saturated rings. The number of furan rings is 1. The van der Waals surface area contributed by atoms with Crippen LogP contribution in [0.5, 0.6) is 0 Å². The molecule has 0 saturated heterocycles. The Morgan fingerprint density at radius 3 is 2.83 bits per heavy atom. The van der Waals surface area contributed by atoms with E-state index in [1.54, 1.807) is 23.9 Å². The van der Waals surface area contributed by atoms with E-state index in [1.165, 1.54) is 0 Å². The second kappa shape index (κ2) is 8.54. The van der Waals surface area contributed by atoms with E-state index in [9.17, 15) is 4.79 Å². The van der Waals surface area contributed by atoms with Gasteiger partial charge in [-0.25, -0.2) is 0 Å². The first kappa shape index (κ1) is 18.1. The molecule has 0 aromatic carbocycles. The Kier molecular flexibility index (Phi) is 6.71. The maximum atomic E-state index is 11.9. The highest BCUT2D eigenvalue weighted by atomic mass is 79.9. The Balaban J connectivity index is 1.84. The molecule has 0 radical (unpaired) electrons. The fraction of sp³-hybridized carbons (Fsp3) is 0.533. The van der Waals surface area contributed by atoms with E-state index >= 15 is 0 Å². The van der Waals surface area contributed by atoms with Gasteiger partial charge in [0.1, 0.15) is 5.82 Å². The molecule has 1 N–H and O–H groups in total. The van der Waals surface area contributed by atoms with Crippen molar-refractivity contribution >= 4 is 33.6 Å². The van der Waals surface area contributed by atoms with Gasteiger partial charge in [-0.2, -0.15) is 0 Å². The average molecular weight is 401 g/mol. The average Bonchev–Trinajstić information content (AvgIpc) is 3.09. The van der Waals surface area contributed by atoms with Crippen LogP contribution in [0.15, 0.2) is 26.4 Å². The lowest BCUT2D eigenvalue weighted by Gasteiger charge is -2.11. The normalized spacial score (nSPS) is 11.2. The van der Waals surface area contributed by atoms with Crippen LogP contribution in [-0.2, 0) is 13.0 Å². The maximum absolute atomic E-state index is 11.9. The molecule has 2 heterocycles. The maximum Gasteiger partial charge on any atom is 0.287 e. The summed E-state index contributed by atoms with van der Waals surface area (Å²) in [5.41, 5.74) is 0. The van der Waals surface area contributed by atoms with Crippen molar-refractivity contribution in [2.75, 3.05) is 12.8 Å². The Labute approximate surface area is 148 Å². The van der Waals surface area contributed by atoms with Gasteiger partial charge in [-0.15, -0.1) is 10.2 Å². The highest BCUT2D eigenvalue weighted by Gasteiger charge is 2.13. The summed E-state index contributed by atoms with van der Waals surface area (Å²) < 4.78 is 7.93. The first-order valence-electron chi connectivity index (χ1n) is 7.51. The Morgan fingerprint density at radius 1 is 1.43 bits per heavy atom. The summed E-state index contributed by atoms with van der Waals surface area (Å²) in [5, 5.41) is 12.3. The van der Waals surface area contributed by atoms with Gasteiger partial charge in [0.25, 0.3) is 5.91 Å². The Bertz CT molecular complexity index is 654. The van der Waals surface area contributed by atoms with Crippen molar-refractivity contribution in [3.05, 3.63) is 28.4 Å². The van der Waals surface area contributed by atoms with E-state index in [0.717, 1.165) is 30.4 Å². The predicted molar refractivity (Wildman–Crippen MR) is 93.7 cm³/mol. The molecule has 2 aromatic rings. The van der Waals surface area contributed by atoms with Gasteiger partial charge in [-0.05, 0) is 46.7 Å². The molecule has 0 aliphatic heterocycles. The van der Waals surface area contributed by atoms with Gasteiger partial charge in [0.15, 0.2) is 15.6 Å². The Morgan fingerprint density at radius 2 is 2.22 bits per heavy atom. The topological polar surface area (TPSA) is 73.0 Å². The monoisotopic (exact) mass is 400 g/mol. The molecule has 0 unspecified atom stereocenters. The third-order valence-electron chi connectivity index (χ3n) is 3.18. The molecule has 126 valence electrons. The lowest BCUT2D eigenvalue weighted by molar-refractivity contribution is 0.0924. The number of aromatic nitrogens is 3. The number of rotatable bonds is 8. The molecule has 8 heteroatoms. The molecule has 2 rings (SSSR count). The summed E-state index contributed by atoms with van der Waals surface area (Å²) in [4.78, 5) is 11.9. The van der Waals surface area contributed by atoms with E-state index in [1.807, 2.05) is 6.26 Å².